The predicted molar refractivity (Wildman–Crippen MR) is 58.6 cm³/mol. The largest absolute Gasteiger partial charge is 0.228 e. The SMILES string of the molecule is NS(=O)(=O)Cc1ccc2sccc2c1. The van der Waals surface area contributed by atoms with Crippen molar-refractivity contribution >= 4 is 31.4 Å². The summed E-state index contributed by atoms with van der Waals surface area (Å²) in [6.45, 7) is 0. The average molecular weight is 227 g/mol. The van der Waals surface area contributed by atoms with E-state index in [9.17, 15) is 8.42 Å². The van der Waals surface area contributed by atoms with Crippen LogP contribution in [0.25, 0.3) is 10.1 Å². The van der Waals surface area contributed by atoms with Gasteiger partial charge >= 0.3 is 0 Å². The van der Waals surface area contributed by atoms with Gasteiger partial charge in [-0.25, -0.2) is 13.6 Å². The number of hydrogen-bond donors (Lipinski definition) is 1. The zero-order valence-corrected chi connectivity index (χ0v) is 8.94. The molecule has 0 aliphatic heterocycles. The van der Waals surface area contributed by atoms with Gasteiger partial charge in [0.15, 0.2) is 0 Å². The van der Waals surface area contributed by atoms with Crippen LogP contribution >= 0.6 is 11.3 Å². The fraction of sp³-hybridized carbons (Fsp3) is 0.111. The molecule has 0 amide bonds. The van der Waals surface area contributed by atoms with Gasteiger partial charge < -0.3 is 0 Å². The third-order valence-electron chi connectivity index (χ3n) is 1.88. The van der Waals surface area contributed by atoms with Crippen molar-refractivity contribution < 1.29 is 8.42 Å². The van der Waals surface area contributed by atoms with E-state index in [1.54, 1.807) is 17.4 Å². The minimum absolute atomic E-state index is 0.0984. The molecule has 1 heterocycles. The van der Waals surface area contributed by atoms with Crippen LogP contribution in [-0.4, -0.2) is 8.42 Å². The topological polar surface area (TPSA) is 60.2 Å². The number of primary sulfonamides is 1. The van der Waals surface area contributed by atoms with E-state index in [1.807, 2.05) is 23.6 Å². The van der Waals surface area contributed by atoms with Gasteiger partial charge in [-0.05, 0) is 34.5 Å². The molecule has 0 spiro atoms. The molecule has 0 radical (unpaired) electrons. The molecule has 2 N–H and O–H groups in total. The Bertz CT molecular complexity index is 557. The Hall–Kier alpha value is -0.910. The van der Waals surface area contributed by atoms with Crippen molar-refractivity contribution in [2.45, 2.75) is 5.75 Å². The van der Waals surface area contributed by atoms with Crippen LogP contribution in [0.15, 0.2) is 29.6 Å². The van der Waals surface area contributed by atoms with Crippen LogP contribution in [0.4, 0.5) is 0 Å². The summed E-state index contributed by atoms with van der Waals surface area (Å²) in [4.78, 5) is 0. The van der Waals surface area contributed by atoms with Gasteiger partial charge in [0.2, 0.25) is 10.0 Å². The van der Waals surface area contributed by atoms with E-state index in [4.69, 9.17) is 5.14 Å². The Labute approximate surface area is 86.2 Å². The monoisotopic (exact) mass is 227 g/mol. The van der Waals surface area contributed by atoms with E-state index in [2.05, 4.69) is 0 Å². The van der Waals surface area contributed by atoms with E-state index in [1.165, 1.54) is 0 Å². The molecule has 0 unspecified atom stereocenters. The highest BCUT2D eigenvalue weighted by atomic mass is 32.2. The number of thiophene rings is 1. The van der Waals surface area contributed by atoms with E-state index in [0.29, 0.717) is 0 Å². The number of sulfonamides is 1. The zero-order valence-electron chi connectivity index (χ0n) is 7.30. The van der Waals surface area contributed by atoms with Crippen molar-refractivity contribution in [3.63, 3.8) is 0 Å². The van der Waals surface area contributed by atoms with Gasteiger partial charge in [-0.3, -0.25) is 0 Å². The zero-order chi connectivity index (χ0) is 10.2. The maximum Gasteiger partial charge on any atom is 0.213 e. The van der Waals surface area contributed by atoms with E-state index in [-0.39, 0.29) is 5.75 Å². The molecule has 1 aromatic carbocycles. The molecule has 0 aliphatic carbocycles. The van der Waals surface area contributed by atoms with Crippen LogP contribution in [-0.2, 0) is 15.8 Å². The van der Waals surface area contributed by atoms with Gasteiger partial charge in [-0.2, -0.15) is 0 Å². The molecule has 0 saturated carbocycles. The van der Waals surface area contributed by atoms with Crippen molar-refractivity contribution in [1.29, 1.82) is 0 Å². The van der Waals surface area contributed by atoms with Gasteiger partial charge in [0.25, 0.3) is 0 Å². The molecule has 2 aromatic rings. The molecular weight excluding hydrogens is 218 g/mol. The lowest BCUT2D eigenvalue weighted by Crippen LogP contribution is -2.14. The standard InChI is InChI=1S/C9H9NO2S2/c10-14(11,12)6-7-1-2-9-8(5-7)3-4-13-9/h1-5H,6H2,(H2,10,11,12). The second-order valence-electron chi connectivity index (χ2n) is 3.10. The Balaban J connectivity index is 2.44. The van der Waals surface area contributed by atoms with Crippen LogP contribution in [0.5, 0.6) is 0 Å². The average Bonchev–Trinajstić information content (AvgIpc) is 2.47. The van der Waals surface area contributed by atoms with Gasteiger partial charge in [-0.15, -0.1) is 11.3 Å². The smallest absolute Gasteiger partial charge is 0.213 e. The molecule has 0 atom stereocenters. The number of hydrogen-bond acceptors (Lipinski definition) is 3. The first kappa shape index (κ1) is 9.64. The lowest BCUT2D eigenvalue weighted by molar-refractivity contribution is 0.597. The summed E-state index contributed by atoms with van der Waals surface area (Å²) in [5, 5.41) is 8.01. The molecule has 3 nitrogen and oxygen atoms in total. The molecular formula is C9H9NO2S2. The lowest BCUT2D eigenvalue weighted by Gasteiger charge is -1.98. The molecule has 0 bridgehead atoms. The molecule has 0 saturated heterocycles. The van der Waals surface area contributed by atoms with E-state index in [0.717, 1.165) is 15.6 Å². The predicted octanol–water partition coefficient (Wildman–Crippen LogP) is 1.69. The summed E-state index contributed by atoms with van der Waals surface area (Å²) in [5.41, 5.74) is 0.735. The molecule has 74 valence electrons. The third-order valence-corrected chi connectivity index (χ3v) is 3.52. The van der Waals surface area contributed by atoms with Crippen LogP contribution in [0.2, 0.25) is 0 Å². The highest BCUT2D eigenvalue weighted by Gasteiger charge is 2.05. The Morgan fingerprint density at radius 1 is 1.29 bits per heavy atom. The van der Waals surface area contributed by atoms with Crippen LogP contribution in [0.3, 0.4) is 0 Å². The van der Waals surface area contributed by atoms with Crippen molar-refractivity contribution in [2.75, 3.05) is 0 Å². The molecule has 0 aliphatic rings. The van der Waals surface area contributed by atoms with Crippen LogP contribution < -0.4 is 5.14 Å². The quantitative estimate of drug-likeness (QED) is 0.848. The Morgan fingerprint density at radius 3 is 2.79 bits per heavy atom. The fourth-order valence-corrected chi connectivity index (χ4v) is 2.75. The number of benzene rings is 1. The highest BCUT2D eigenvalue weighted by molar-refractivity contribution is 7.88. The first-order chi connectivity index (χ1) is 6.54. The fourth-order valence-electron chi connectivity index (χ4n) is 1.34. The summed E-state index contributed by atoms with van der Waals surface area (Å²) in [5.74, 6) is -0.0984. The van der Waals surface area contributed by atoms with Crippen molar-refractivity contribution in [3.8, 4) is 0 Å². The Morgan fingerprint density at radius 2 is 2.07 bits per heavy atom. The van der Waals surface area contributed by atoms with E-state index >= 15 is 0 Å². The van der Waals surface area contributed by atoms with Gasteiger partial charge in [-0.1, -0.05) is 6.07 Å². The number of rotatable bonds is 2. The van der Waals surface area contributed by atoms with Gasteiger partial charge in [0.05, 0.1) is 5.75 Å². The summed E-state index contributed by atoms with van der Waals surface area (Å²) >= 11 is 1.63. The lowest BCUT2D eigenvalue weighted by atomic mass is 10.2. The Kier molecular flexibility index (Phi) is 2.30. The minimum Gasteiger partial charge on any atom is -0.228 e. The van der Waals surface area contributed by atoms with Crippen molar-refractivity contribution in [3.05, 3.63) is 35.2 Å². The molecule has 2 rings (SSSR count). The number of fused-ring (bicyclic) bond motifs is 1. The summed E-state index contributed by atoms with van der Waals surface area (Å²) < 4.78 is 22.9. The summed E-state index contributed by atoms with van der Waals surface area (Å²) in [7, 11) is -3.43. The second kappa shape index (κ2) is 3.34. The van der Waals surface area contributed by atoms with Crippen molar-refractivity contribution in [2.24, 2.45) is 5.14 Å². The highest BCUT2D eigenvalue weighted by Crippen LogP contribution is 2.22. The summed E-state index contributed by atoms with van der Waals surface area (Å²) in [6, 6.07) is 7.53. The second-order valence-corrected chi connectivity index (χ2v) is 5.66. The minimum atomic E-state index is -3.43. The first-order valence-corrected chi connectivity index (χ1v) is 6.61. The van der Waals surface area contributed by atoms with Crippen LogP contribution in [0, 0.1) is 0 Å². The number of nitrogens with two attached hydrogens (primary N) is 1. The maximum atomic E-state index is 10.9. The van der Waals surface area contributed by atoms with E-state index < -0.39 is 10.0 Å². The van der Waals surface area contributed by atoms with Gasteiger partial charge in [0.1, 0.15) is 0 Å². The normalized spacial score (nSPS) is 12.1. The third kappa shape index (κ3) is 2.12. The maximum absolute atomic E-state index is 10.9. The first-order valence-electron chi connectivity index (χ1n) is 4.01. The van der Waals surface area contributed by atoms with Crippen LogP contribution in [0.1, 0.15) is 5.56 Å². The molecule has 0 fully saturated rings. The molecule has 1 aromatic heterocycles. The van der Waals surface area contributed by atoms with Crippen molar-refractivity contribution in [1.82, 2.24) is 0 Å². The van der Waals surface area contributed by atoms with Gasteiger partial charge in [0, 0.05) is 4.70 Å². The molecule has 14 heavy (non-hydrogen) atoms. The summed E-state index contributed by atoms with van der Waals surface area (Å²) in [6.07, 6.45) is 0. The molecule has 5 heteroatoms.